The smallest absolute Gasteiger partial charge is 0.261 e. The summed E-state index contributed by atoms with van der Waals surface area (Å²) in [5.41, 5.74) is 3.74. The van der Waals surface area contributed by atoms with E-state index in [-0.39, 0.29) is 5.91 Å². The Balaban J connectivity index is 1.62. The number of anilines is 2. The van der Waals surface area contributed by atoms with Crippen molar-refractivity contribution in [3.63, 3.8) is 0 Å². The lowest BCUT2D eigenvalue weighted by Gasteiger charge is -2.21. The molecule has 1 N–H and O–H groups in total. The highest BCUT2D eigenvalue weighted by molar-refractivity contribution is 6.05. The molecule has 0 saturated heterocycles. The Morgan fingerprint density at radius 1 is 1.04 bits per heavy atom. The van der Waals surface area contributed by atoms with Crippen LogP contribution in [0.3, 0.4) is 0 Å². The van der Waals surface area contributed by atoms with Gasteiger partial charge in [-0.05, 0) is 43.5 Å². The van der Waals surface area contributed by atoms with E-state index >= 15 is 0 Å². The molecule has 0 saturated carbocycles. The molecule has 0 aliphatic rings. The van der Waals surface area contributed by atoms with Crippen molar-refractivity contribution in [1.82, 2.24) is 9.97 Å². The molecule has 0 atom stereocenters. The molecule has 1 aromatic heterocycles. The van der Waals surface area contributed by atoms with Gasteiger partial charge in [0.1, 0.15) is 0 Å². The van der Waals surface area contributed by atoms with Crippen LogP contribution in [0.2, 0.25) is 0 Å². The number of aryl methyl sites for hydroxylation is 1. The minimum absolute atomic E-state index is 0.0982. The number of aromatic nitrogens is 2. The molecule has 1 amide bonds. The maximum Gasteiger partial charge on any atom is 0.261 e. The minimum Gasteiger partial charge on any atom is -0.354 e. The van der Waals surface area contributed by atoms with E-state index in [9.17, 15) is 4.79 Å². The van der Waals surface area contributed by atoms with Crippen molar-refractivity contribution in [1.29, 1.82) is 0 Å². The number of rotatable bonds is 7. The maximum atomic E-state index is 12.8. The Labute approximate surface area is 160 Å². The first-order valence-electron chi connectivity index (χ1n) is 9.15. The maximum absolute atomic E-state index is 12.8. The van der Waals surface area contributed by atoms with Gasteiger partial charge in [-0.25, -0.2) is 9.97 Å². The van der Waals surface area contributed by atoms with Gasteiger partial charge in [0.25, 0.3) is 5.91 Å². The van der Waals surface area contributed by atoms with E-state index in [1.807, 2.05) is 56.3 Å². The third-order valence-corrected chi connectivity index (χ3v) is 4.31. The van der Waals surface area contributed by atoms with Crippen molar-refractivity contribution in [3.8, 4) is 0 Å². The monoisotopic (exact) mass is 360 g/mol. The van der Waals surface area contributed by atoms with Crippen molar-refractivity contribution < 1.29 is 4.79 Å². The fourth-order valence-corrected chi connectivity index (χ4v) is 2.89. The van der Waals surface area contributed by atoms with E-state index in [2.05, 4.69) is 27.4 Å². The van der Waals surface area contributed by atoms with E-state index in [0.29, 0.717) is 18.1 Å². The molecule has 2 aromatic carbocycles. The van der Waals surface area contributed by atoms with Crippen molar-refractivity contribution in [2.45, 2.75) is 20.3 Å². The van der Waals surface area contributed by atoms with Crippen molar-refractivity contribution >= 4 is 17.5 Å². The number of benzene rings is 2. The van der Waals surface area contributed by atoms with Crippen LogP contribution in [0.4, 0.5) is 11.6 Å². The van der Waals surface area contributed by atoms with E-state index in [0.717, 1.165) is 24.2 Å². The van der Waals surface area contributed by atoms with Crippen molar-refractivity contribution in [2.24, 2.45) is 0 Å². The lowest BCUT2D eigenvalue weighted by atomic mass is 10.1. The molecule has 0 spiro atoms. The van der Waals surface area contributed by atoms with Gasteiger partial charge in [0.15, 0.2) is 0 Å². The standard InChI is InChI=1S/C22H24N4O/c1-3-26(20-11-7-8-17(2)14-20)21(27)19-15-24-22(25-16-19)23-13-12-18-9-5-4-6-10-18/h4-11,14-16H,3,12-13H2,1-2H3,(H,23,24,25). The number of hydrogen-bond acceptors (Lipinski definition) is 4. The van der Waals surface area contributed by atoms with E-state index < -0.39 is 0 Å². The molecule has 0 aliphatic carbocycles. The summed E-state index contributed by atoms with van der Waals surface area (Å²) in [5, 5.41) is 3.19. The van der Waals surface area contributed by atoms with Gasteiger partial charge in [-0.1, -0.05) is 42.5 Å². The number of hydrogen-bond donors (Lipinski definition) is 1. The first-order valence-corrected chi connectivity index (χ1v) is 9.15. The molecule has 5 heteroatoms. The zero-order valence-electron chi connectivity index (χ0n) is 15.7. The Morgan fingerprint density at radius 2 is 1.78 bits per heavy atom. The lowest BCUT2D eigenvalue weighted by Crippen LogP contribution is -2.30. The van der Waals surface area contributed by atoms with Crippen LogP contribution in [0, 0.1) is 6.92 Å². The second kappa shape index (κ2) is 8.94. The summed E-state index contributed by atoms with van der Waals surface area (Å²) in [6, 6.07) is 18.2. The number of amides is 1. The predicted molar refractivity (Wildman–Crippen MR) is 109 cm³/mol. The molecule has 27 heavy (non-hydrogen) atoms. The van der Waals surface area contributed by atoms with Crippen LogP contribution in [-0.2, 0) is 6.42 Å². The van der Waals surface area contributed by atoms with Gasteiger partial charge >= 0.3 is 0 Å². The van der Waals surface area contributed by atoms with Crippen molar-refractivity contribution in [2.75, 3.05) is 23.3 Å². The lowest BCUT2D eigenvalue weighted by molar-refractivity contribution is 0.0987. The highest BCUT2D eigenvalue weighted by Crippen LogP contribution is 2.18. The van der Waals surface area contributed by atoms with Gasteiger partial charge in [-0.15, -0.1) is 0 Å². The quantitative estimate of drug-likeness (QED) is 0.689. The average molecular weight is 360 g/mol. The highest BCUT2D eigenvalue weighted by atomic mass is 16.2. The zero-order chi connectivity index (χ0) is 19.1. The summed E-state index contributed by atoms with van der Waals surface area (Å²) in [5.74, 6) is 0.431. The van der Waals surface area contributed by atoms with Gasteiger partial charge in [-0.3, -0.25) is 4.79 Å². The summed E-state index contributed by atoms with van der Waals surface area (Å²) < 4.78 is 0. The Hall–Kier alpha value is -3.21. The molecule has 0 fully saturated rings. The highest BCUT2D eigenvalue weighted by Gasteiger charge is 2.17. The molecule has 0 bridgehead atoms. The predicted octanol–water partition coefficient (Wildman–Crippen LogP) is 4.11. The second-order valence-corrected chi connectivity index (χ2v) is 6.35. The summed E-state index contributed by atoms with van der Waals surface area (Å²) >= 11 is 0. The van der Waals surface area contributed by atoms with Crippen LogP contribution >= 0.6 is 0 Å². The molecule has 0 aliphatic heterocycles. The van der Waals surface area contributed by atoms with Gasteiger partial charge in [0.05, 0.1) is 5.56 Å². The van der Waals surface area contributed by atoms with Crippen molar-refractivity contribution in [3.05, 3.63) is 83.7 Å². The number of carbonyl (C=O) groups excluding carboxylic acids is 1. The van der Waals surface area contributed by atoms with E-state index in [4.69, 9.17) is 0 Å². The van der Waals surface area contributed by atoms with E-state index in [1.165, 1.54) is 5.56 Å². The van der Waals surface area contributed by atoms with Gasteiger partial charge < -0.3 is 10.2 Å². The summed E-state index contributed by atoms with van der Waals surface area (Å²) in [7, 11) is 0. The topological polar surface area (TPSA) is 58.1 Å². The Kier molecular flexibility index (Phi) is 6.15. The third kappa shape index (κ3) is 4.91. The molecular weight excluding hydrogens is 336 g/mol. The third-order valence-electron chi connectivity index (χ3n) is 4.31. The summed E-state index contributed by atoms with van der Waals surface area (Å²) in [6.07, 6.45) is 4.05. The molecule has 3 rings (SSSR count). The molecule has 138 valence electrons. The van der Waals surface area contributed by atoms with Crippen LogP contribution in [0.15, 0.2) is 67.0 Å². The number of nitrogens with zero attached hydrogens (tertiary/aromatic N) is 3. The second-order valence-electron chi connectivity index (χ2n) is 6.35. The molecule has 5 nitrogen and oxygen atoms in total. The van der Waals surface area contributed by atoms with Gasteiger partial charge in [0, 0.05) is 31.2 Å². The van der Waals surface area contributed by atoms with Crippen LogP contribution < -0.4 is 10.2 Å². The average Bonchev–Trinajstić information content (AvgIpc) is 2.70. The normalized spacial score (nSPS) is 10.4. The van der Waals surface area contributed by atoms with Crippen LogP contribution in [0.1, 0.15) is 28.4 Å². The van der Waals surface area contributed by atoms with Crippen LogP contribution in [-0.4, -0.2) is 29.0 Å². The minimum atomic E-state index is -0.0982. The fraction of sp³-hybridized carbons (Fsp3) is 0.227. The van der Waals surface area contributed by atoms with Gasteiger partial charge in [0.2, 0.25) is 5.95 Å². The van der Waals surface area contributed by atoms with Crippen LogP contribution in [0.5, 0.6) is 0 Å². The molecule has 0 unspecified atom stereocenters. The number of nitrogens with one attached hydrogen (secondary N) is 1. The zero-order valence-corrected chi connectivity index (χ0v) is 15.7. The van der Waals surface area contributed by atoms with Crippen LogP contribution in [0.25, 0.3) is 0 Å². The van der Waals surface area contributed by atoms with E-state index in [1.54, 1.807) is 17.3 Å². The first kappa shape index (κ1) is 18.6. The number of carbonyl (C=O) groups is 1. The molecule has 0 radical (unpaired) electrons. The Morgan fingerprint density at radius 3 is 2.44 bits per heavy atom. The Bertz CT molecular complexity index is 878. The SMILES string of the molecule is CCN(C(=O)c1cnc(NCCc2ccccc2)nc1)c1cccc(C)c1. The fourth-order valence-electron chi connectivity index (χ4n) is 2.89. The summed E-state index contributed by atoms with van der Waals surface area (Å²) in [4.78, 5) is 23.1. The molecular formula is C22H24N4O. The molecule has 3 aromatic rings. The largest absolute Gasteiger partial charge is 0.354 e. The van der Waals surface area contributed by atoms with Gasteiger partial charge in [-0.2, -0.15) is 0 Å². The summed E-state index contributed by atoms with van der Waals surface area (Å²) in [6.45, 7) is 5.29. The first-order chi connectivity index (χ1) is 13.2. The molecule has 1 heterocycles.